The van der Waals surface area contributed by atoms with E-state index in [0.717, 1.165) is 4.47 Å². The third kappa shape index (κ3) is 3.02. The van der Waals surface area contributed by atoms with Crippen LogP contribution in [0.2, 0.25) is 0 Å². The Hall–Kier alpha value is -0.0200. The molecule has 0 bridgehead atoms. The predicted molar refractivity (Wildman–Crippen MR) is 79.4 cm³/mol. The smallest absolute Gasteiger partial charge is 0.151 e. The number of aliphatic hydroxyl groups excluding tert-OH is 1. The molecule has 0 aliphatic carbocycles. The first-order valence-corrected chi connectivity index (χ1v) is 9.10. The van der Waals surface area contributed by atoms with Crippen molar-refractivity contribution in [3.05, 3.63) is 26.9 Å². The van der Waals surface area contributed by atoms with Crippen molar-refractivity contribution in [1.29, 1.82) is 0 Å². The summed E-state index contributed by atoms with van der Waals surface area (Å²) in [6, 6.07) is 1.76. The van der Waals surface area contributed by atoms with Gasteiger partial charge >= 0.3 is 0 Å². The number of nitrogens with two attached hydrogens (primary N) is 1. The zero-order valence-electron chi connectivity index (χ0n) is 10.0. The molecule has 19 heavy (non-hydrogen) atoms. The minimum Gasteiger partial charge on any atom is -0.386 e. The molecule has 0 radical (unpaired) electrons. The lowest BCUT2D eigenvalue weighted by atomic mass is 9.80. The number of rotatable bonds is 3. The van der Waals surface area contributed by atoms with E-state index in [-0.39, 0.29) is 18.1 Å². The summed E-state index contributed by atoms with van der Waals surface area (Å²) >= 11 is 6.62. The first-order valence-electron chi connectivity index (χ1n) is 5.69. The predicted octanol–water partition coefficient (Wildman–Crippen LogP) is 1.40. The molecule has 5 nitrogen and oxygen atoms in total. The van der Waals surface area contributed by atoms with Crippen LogP contribution in [0.25, 0.3) is 0 Å². The largest absolute Gasteiger partial charge is 0.386 e. The molecule has 1 aromatic heterocycles. The summed E-state index contributed by atoms with van der Waals surface area (Å²) < 4.78 is 24.8. The molecule has 1 aliphatic rings. The summed E-state index contributed by atoms with van der Waals surface area (Å²) in [6.07, 6.45) is 0.922. The van der Waals surface area contributed by atoms with E-state index in [2.05, 4.69) is 36.8 Å². The second-order valence-corrected chi connectivity index (χ2v) is 8.79. The molecule has 2 heterocycles. The minimum atomic E-state index is -3.13. The summed E-state index contributed by atoms with van der Waals surface area (Å²) in [4.78, 5) is 4.17. The molecule has 0 amide bonds. The number of sulfone groups is 1. The molecule has 0 aromatic carbocycles. The van der Waals surface area contributed by atoms with Gasteiger partial charge in [0.2, 0.25) is 0 Å². The highest BCUT2D eigenvalue weighted by molar-refractivity contribution is 9.11. The highest BCUT2D eigenvalue weighted by Crippen LogP contribution is 2.43. The second-order valence-electron chi connectivity index (χ2n) is 4.83. The highest BCUT2D eigenvalue weighted by Gasteiger charge is 2.48. The molecule has 1 aromatic rings. The molecule has 1 fully saturated rings. The quantitative estimate of drug-likeness (QED) is 0.781. The van der Waals surface area contributed by atoms with Crippen LogP contribution in [0.3, 0.4) is 0 Å². The van der Waals surface area contributed by atoms with Crippen molar-refractivity contribution in [3.8, 4) is 0 Å². The first kappa shape index (κ1) is 15.4. The monoisotopic (exact) mass is 412 g/mol. The lowest BCUT2D eigenvalue weighted by Gasteiger charge is -2.31. The molecule has 0 spiro atoms. The fourth-order valence-electron chi connectivity index (χ4n) is 2.35. The van der Waals surface area contributed by atoms with Gasteiger partial charge in [0.15, 0.2) is 9.84 Å². The number of halogens is 2. The molecule has 3 N–H and O–H groups in total. The lowest BCUT2D eigenvalue weighted by Crippen LogP contribution is -2.38. The van der Waals surface area contributed by atoms with Gasteiger partial charge in [-0.1, -0.05) is 0 Å². The van der Waals surface area contributed by atoms with Crippen LogP contribution in [0, 0.1) is 5.41 Å². The summed E-state index contributed by atoms with van der Waals surface area (Å²) in [5, 5.41) is 10.5. The molecule has 106 valence electrons. The minimum absolute atomic E-state index is 0.0649. The Balaban J connectivity index is 2.39. The third-order valence-electron chi connectivity index (χ3n) is 3.50. The average molecular weight is 414 g/mol. The number of aromatic nitrogens is 1. The van der Waals surface area contributed by atoms with E-state index < -0.39 is 21.4 Å². The van der Waals surface area contributed by atoms with Crippen LogP contribution >= 0.6 is 31.9 Å². The first-order chi connectivity index (χ1) is 8.80. The fraction of sp³-hybridized carbons (Fsp3) is 0.545. The zero-order chi connectivity index (χ0) is 14.3. The zero-order valence-corrected chi connectivity index (χ0v) is 14.0. The molecule has 2 rings (SSSR count). The summed E-state index contributed by atoms with van der Waals surface area (Å²) in [7, 11) is -3.13. The lowest BCUT2D eigenvalue weighted by molar-refractivity contribution is 0.0430. The molecular weight excluding hydrogens is 400 g/mol. The van der Waals surface area contributed by atoms with E-state index in [4.69, 9.17) is 5.73 Å². The summed E-state index contributed by atoms with van der Waals surface area (Å²) in [5.41, 5.74) is 5.31. The second kappa shape index (κ2) is 5.40. The van der Waals surface area contributed by atoms with Gasteiger partial charge in [-0.05, 0) is 44.3 Å². The van der Waals surface area contributed by atoms with Crippen molar-refractivity contribution >= 4 is 41.7 Å². The van der Waals surface area contributed by atoms with Crippen molar-refractivity contribution in [3.63, 3.8) is 0 Å². The van der Waals surface area contributed by atoms with E-state index in [1.807, 2.05) is 0 Å². The normalized spacial score (nSPS) is 27.4. The number of hydrogen-bond acceptors (Lipinski definition) is 5. The average Bonchev–Trinajstić information content (AvgIpc) is 2.65. The van der Waals surface area contributed by atoms with Crippen molar-refractivity contribution in [2.24, 2.45) is 11.1 Å². The standard InChI is InChI=1S/C11H14Br2N2O3S/c12-7-3-8(13)9(15-4-7)10(16)11(5-14)1-2-19(17,18)6-11/h3-4,10,16H,1-2,5-6,14H2. The van der Waals surface area contributed by atoms with Gasteiger partial charge in [0, 0.05) is 27.1 Å². The van der Waals surface area contributed by atoms with Crippen LogP contribution in [0.15, 0.2) is 21.2 Å². The van der Waals surface area contributed by atoms with E-state index in [1.54, 1.807) is 12.3 Å². The van der Waals surface area contributed by atoms with Crippen molar-refractivity contribution in [1.82, 2.24) is 4.98 Å². The Kier molecular flexibility index (Phi) is 4.37. The number of hydrogen-bond donors (Lipinski definition) is 2. The van der Waals surface area contributed by atoms with E-state index >= 15 is 0 Å². The maximum Gasteiger partial charge on any atom is 0.151 e. The Bertz CT molecular complexity index is 594. The van der Waals surface area contributed by atoms with Crippen molar-refractivity contribution in [2.75, 3.05) is 18.1 Å². The van der Waals surface area contributed by atoms with Crippen LogP contribution in [-0.4, -0.2) is 36.6 Å². The Morgan fingerprint density at radius 3 is 2.68 bits per heavy atom. The molecule has 0 saturated carbocycles. The number of pyridine rings is 1. The van der Waals surface area contributed by atoms with Gasteiger partial charge in [0.1, 0.15) is 6.10 Å². The Morgan fingerprint density at radius 2 is 2.21 bits per heavy atom. The van der Waals surface area contributed by atoms with Gasteiger partial charge in [0.05, 0.1) is 17.2 Å². The van der Waals surface area contributed by atoms with E-state index in [9.17, 15) is 13.5 Å². The third-order valence-corrected chi connectivity index (χ3v) is 6.41. The molecule has 8 heteroatoms. The topological polar surface area (TPSA) is 93.3 Å². The Labute approximate surface area is 128 Å². The number of nitrogens with zero attached hydrogens (tertiary/aromatic N) is 1. The SMILES string of the molecule is NCC1(C(O)c2ncc(Br)cc2Br)CCS(=O)(=O)C1. The molecule has 2 atom stereocenters. The highest BCUT2D eigenvalue weighted by atomic mass is 79.9. The van der Waals surface area contributed by atoms with Crippen LogP contribution in [0.4, 0.5) is 0 Å². The molecular formula is C11H14Br2N2O3S. The van der Waals surface area contributed by atoms with Gasteiger partial charge in [-0.2, -0.15) is 0 Å². The molecule has 2 unspecified atom stereocenters. The van der Waals surface area contributed by atoms with E-state index in [0.29, 0.717) is 16.6 Å². The summed E-state index contributed by atoms with van der Waals surface area (Å²) in [5.74, 6) is -0.0305. The van der Waals surface area contributed by atoms with Crippen LogP contribution in [0.5, 0.6) is 0 Å². The maximum atomic E-state index is 11.7. The van der Waals surface area contributed by atoms with Crippen LogP contribution in [-0.2, 0) is 9.84 Å². The van der Waals surface area contributed by atoms with Crippen molar-refractivity contribution in [2.45, 2.75) is 12.5 Å². The van der Waals surface area contributed by atoms with E-state index in [1.165, 1.54) is 0 Å². The van der Waals surface area contributed by atoms with Gasteiger partial charge in [0.25, 0.3) is 0 Å². The fourth-order valence-corrected chi connectivity index (χ4v) is 5.71. The van der Waals surface area contributed by atoms with Crippen molar-refractivity contribution < 1.29 is 13.5 Å². The molecule has 1 saturated heterocycles. The van der Waals surface area contributed by atoms with Gasteiger partial charge in [-0.25, -0.2) is 8.42 Å². The summed E-state index contributed by atoms with van der Waals surface area (Å²) in [6.45, 7) is 0.109. The van der Waals surface area contributed by atoms with Gasteiger partial charge in [-0.15, -0.1) is 0 Å². The van der Waals surface area contributed by atoms with Crippen LogP contribution in [0.1, 0.15) is 18.2 Å². The molecule has 1 aliphatic heterocycles. The van der Waals surface area contributed by atoms with Gasteiger partial charge < -0.3 is 10.8 Å². The number of aliphatic hydroxyl groups is 1. The van der Waals surface area contributed by atoms with Gasteiger partial charge in [-0.3, -0.25) is 4.98 Å². The maximum absolute atomic E-state index is 11.7. The van der Waals surface area contributed by atoms with Crippen LogP contribution < -0.4 is 5.73 Å². The Morgan fingerprint density at radius 1 is 1.53 bits per heavy atom.